The summed E-state index contributed by atoms with van der Waals surface area (Å²) in [6.45, 7) is 2.02. The quantitative estimate of drug-likeness (QED) is 0.329. The van der Waals surface area contributed by atoms with Gasteiger partial charge in [-0.15, -0.1) is 11.8 Å². The van der Waals surface area contributed by atoms with Gasteiger partial charge in [-0.3, -0.25) is 5.41 Å². The van der Waals surface area contributed by atoms with Crippen LogP contribution in [0.4, 0.5) is 0 Å². The standard InChI is InChI=1S/C8H12N4S/c1-6(4-7(9)10)13-8-2-3-11-5-12-8/h2-3,5-6H,4H2,1H3,(H3,9,10). The Morgan fingerprint density at radius 2 is 2.54 bits per heavy atom. The van der Waals surface area contributed by atoms with Crippen LogP contribution in [0.5, 0.6) is 0 Å². The molecule has 0 aliphatic carbocycles. The Balaban J connectivity index is 2.45. The van der Waals surface area contributed by atoms with Crippen molar-refractivity contribution in [2.45, 2.75) is 23.6 Å². The molecule has 1 heterocycles. The third-order valence-electron chi connectivity index (χ3n) is 1.38. The first-order valence-electron chi connectivity index (χ1n) is 3.94. The van der Waals surface area contributed by atoms with E-state index in [1.807, 2.05) is 13.0 Å². The molecular weight excluding hydrogens is 184 g/mol. The Kier molecular flexibility index (Phi) is 3.70. The molecule has 0 saturated carbocycles. The van der Waals surface area contributed by atoms with Crippen LogP contribution in [0.1, 0.15) is 13.3 Å². The van der Waals surface area contributed by atoms with Gasteiger partial charge in [-0.05, 0) is 6.07 Å². The number of nitrogens with zero attached hydrogens (tertiary/aromatic N) is 2. The Morgan fingerprint density at radius 3 is 3.08 bits per heavy atom. The molecule has 13 heavy (non-hydrogen) atoms. The largest absolute Gasteiger partial charge is 0.388 e. The third kappa shape index (κ3) is 3.89. The number of aromatic nitrogens is 2. The molecule has 1 atom stereocenters. The lowest BCUT2D eigenvalue weighted by molar-refractivity contribution is 0.976. The van der Waals surface area contributed by atoms with Gasteiger partial charge in [0.15, 0.2) is 0 Å². The molecule has 4 nitrogen and oxygen atoms in total. The summed E-state index contributed by atoms with van der Waals surface area (Å²) < 4.78 is 0. The highest BCUT2D eigenvalue weighted by Crippen LogP contribution is 2.21. The number of rotatable bonds is 4. The maximum Gasteiger partial charge on any atom is 0.116 e. The summed E-state index contributed by atoms with van der Waals surface area (Å²) in [7, 11) is 0. The second kappa shape index (κ2) is 4.81. The SMILES string of the molecule is CC(CC(=N)N)Sc1ccncn1. The molecule has 0 aliphatic rings. The molecule has 70 valence electrons. The lowest BCUT2D eigenvalue weighted by atomic mass is 10.3. The first kappa shape index (κ1) is 9.98. The number of nitrogens with one attached hydrogen (secondary N) is 1. The fourth-order valence-electron chi connectivity index (χ4n) is 0.906. The van der Waals surface area contributed by atoms with Gasteiger partial charge in [-0.25, -0.2) is 9.97 Å². The van der Waals surface area contributed by atoms with Gasteiger partial charge in [0, 0.05) is 17.9 Å². The zero-order valence-electron chi connectivity index (χ0n) is 7.40. The summed E-state index contributed by atoms with van der Waals surface area (Å²) in [5.41, 5.74) is 5.28. The minimum atomic E-state index is 0.217. The molecule has 0 bridgehead atoms. The van der Waals surface area contributed by atoms with Gasteiger partial charge in [-0.1, -0.05) is 6.92 Å². The maximum atomic E-state index is 7.12. The van der Waals surface area contributed by atoms with Crippen LogP contribution in [-0.4, -0.2) is 21.1 Å². The lowest BCUT2D eigenvalue weighted by Gasteiger charge is -2.08. The van der Waals surface area contributed by atoms with Crippen molar-refractivity contribution in [1.29, 1.82) is 5.41 Å². The molecule has 3 N–H and O–H groups in total. The highest BCUT2D eigenvalue weighted by Gasteiger charge is 2.05. The summed E-state index contributed by atoms with van der Waals surface area (Å²) in [5, 5.41) is 8.33. The van der Waals surface area contributed by atoms with Crippen molar-refractivity contribution in [3.63, 3.8) is 0 Å². The van der Waals surface area contributed by atoms with Crippen molar-refractivity contribution >= 4 is 17.6 Å². The van der Waals surface area contributed by atoms with Crippen LogP contribution in [0, 0.1) is 5.41 Å². The van der Waals surface area contributed by atoms with Crippen LogP contribution in [0.3, 0.4) is 0 Å². The predicted molar refractivity (Wildman–Crippen MR) is 53.9 cm³/mol. The summed E-state index contributed by atoms with van der Waals surface area (Å²) in [6, 6.07) is 1.85. The van der Waals surface area contributed by atoms with Crippen molar-refractivity contribution in [1.82, 2.24) is 9.97 Å². The van der Waals surface area contributed by atoms with Gasteiger partial charge < -0.3 is 5.73 Å². The fraction of sp³-hybridized carbons (Fsp3) is 0.375. The van der Waals surface area contributed by atoms with E-state index in [1.54, 1.807) is 18.0 Å². The summed E-state index contributed by atoms with van der Waals surface area (Å²) in [5.74, 6) is 0.217. The average molecular weight is 196 g/mol. The van der Waals surface area contributed by atoms with E-state index in [4.69, 9.17) is 11.1 Å². The van der Waals surface area contributed by atoms with E-state index in [0.717, 1.165) is 5.03 Å². The first-order chi connectivity index (χ1) is 6.18. The lowest BCUT2D eigenvalue weighted by Crippen LogP contribution is -2.14. The molecule has 0 amide bonds. The minimum absolute atomic E-state index is 0.217. The van der Waals surface area contributed by atoms with Crippen LogP contribution in [0.2, 0.25) is 0 Å². The number of thioether (sulfide) groups is 1. The molecular formula is C8H12N4S. The number of hydrogen-bond acceptors (Lipinski definition) is 4. The Morgan fingerprint density at radius 1 is 1.77 bits per heavy atom. The molecule has 1 unspecified atom stereocenters. The van der Waals surface area contributed by atoms with Crippen LogP contribution < -0.4 is 5.73 Å². The highest BCUT2D eigenvalue weighted by atomic mass is 32.2. The minimum Gasteiger partial charge on any atom is -0.388 e. The smallest absolute Gasteiger partial charge is 0.116 e. The Labute approximate surface area is 81.5 Å². The summed E-state index contributed by atoms with van der Waals surface area (Å²) >= 11 is 1.60. The van der Waals surface area contributed by atoms with Crippen molar-refractivity contribution in [3.05, 3.63) is 18.6 Å². The van der Waals surface area contributed by atoms with Crippen molar-refractivity contribution in [3.8, 4) is 0 Å². The normalized spacial score (nSPS) is 12.4. The molecule has 5 heteroatoms. The molecule has 0 aliphatic heterocycles. The number of hydrogen-bond donors (Lipinski definition) is 2. The number of nitrogens with two attached hydrogens (primary N) is 1. The molecule has 0 spiro atoms. The van der Waals surface area contributed by atoms with E-state index < -0.39 is 0 Å². The maximum absolute atomic E-state index is 7.12. The molecule has 0 saturated heterocycles. The van der Waals surface area contributed by atoms with Crippen LogP contribution in [0.25, 0.3) is 0 Å². The van der Waals surface area contributed by atoms with E-state index in [1.165, 1.54) is 6.33 Å². The molecule has 0 aromatic carbocycles. The van der Waals surface area contributed by atoms with Crippen molar-refractivity contribution in [2.75, 3.05) is 0 Å². The van der Waals surface area contributed by atoms with Gasteiger partial charge in [-0.2, -0.15) is 0 Å². The van der Waals surface area contributed by atoms with E-state index >= 15 is 0 Å². The molecule has 1 aromatic heterocycles. The van der Waals surface area contributed by atoms with E-state index in [-0.39, 0.29) is 11.1 Å². The Hall–Kier alpha value is -1.10. The molecule has 0 fully saturated rings. The van der Waals surface area contributed by atoms with Gasteiger partial charge in [0.25, 0.3) is 0 Å². The van der Waals surface area contributed by atoms with Gasteiger partial charge in [0.05, 0.1) is 10.9 Å². The van der Waals surface area contributed by atoms with Crippen LogP contribution in [0.15, 0.2) is 23.6 Å². The third-order valence-corrected chi connectivity index (χ3v) is 2.44. The van der Waals surface area contributed by atoms with E-state index in [2.05, 4.69) is 9.97 Å². The highest BCUT2D eigenvalue weighted by molar-refractivity contribution is 7.99. The topological polar surface area (TPSA) is 75.7 Å². The van der Waals surface area contributed by atoms with Crippen molar-refractivity contribution < 1.29 is 0 Å². The molecule has 0 radical (unpaired) electrons. The van der Waals surface area contributed by atoms with E-state index in [0.29, 0.717) is 6.42 Å². The summed E-state index contributed by atoms with van der Waals surface area (Å²) in [4.78, 5) is 7.89. The van der Waals surface area contributed by atoms with Gasteiger partial charge >= 0.3 is 0 Å². The second-order valence-corrected chi connectivity index (χ2v) is 4.16. The van der Waals surface area contributed by atoms with Crippen molar-refractivity contribution in [2.24, 2.45) is 5.73 Å². The average Bonchev–Trinajstić information content (AvgIpc) is 2.04. The summed E-state index contributed by atoms with van der Waals surface area (Å²) in [6.07, 6.45) is 3.81. The first-order valence-corrected chi connectivity index (χ1v) is 4.82. The fourth-order valence-corrected chi connectivity index (χ4v) is 1.83. The van der Waals surface area contributed by atoms with Crippen LogP contribution >= 0.6 is 11.8 Å². The predicted octanol–water partition coefficient (Wildman–Crippen LogP) is 1.28. The van der Waals surface area contributed by atoms with Gasteiger partial charge in [0.1, 0.15) is 6.33 Å². The van der Waals surface area contributed by atoms with Crippen LogP contribution in [-0.2, 0) is 0 Å². The van der Waals surface area contributed by atoms with Gasteiger partial charge in [0.2, 0.25) is 0 Å². The zero-order chi connectivity index (χ0) is 9.68. The Bertz CT molecular complexity index is 275. The van der Waals surface area contributed by atoms with E-state index in [9.17, 15) is 0 Å². The zero-order valence-corrected chi connectivity index (χ0v) is 8.21. The second-order valence-electron chi connectivity index (χ2n) is 2.71. The molecule has 1 aromatic rings. The monoisotopic (exact) mass is 196 g/mol. The number of amidine groups is 1. The molecule has 1 rings (SSSR count).